The molecule has 0 bridgehead atoms. The van der Waals surface area contributed by atoms with Gasteiger partial charge in [0, 0.05) is 6.54 Å². The predicted molar refractivity (Wildman–Crippen MR) is 67.8 cm³/mol. The maximum absolute atomic E-state index is 4.19. The molecule has 1 heterocycles. The molecule has 4 nitrogen and oxygen atoms in total. The molecule has 0 saturated heterocycles. The Kier molecular flexibility index (Phi) is 3.54. The van der Waals surface area contributed by atoms with E-state index in [1.54, 1.807) is 0 Å². The highest BCUT2D eigenvalue weighted by Crippen LogP contribution is 2.09. The number of aryl methyl sites for hydroxylation is 1. The van der Waals surface area contributed by atoms with E-state index < -0.39 is 0 Å². The fraction of sp³-hybridized carbons (Fsp3) is 0.385. The Morgan fingerprint density at radius 1 is 1.29 bits per heavy atom. The molecule has 1 aromatic carbocycles. The monoisotopic (exact) mass is 230 g/mol. The van der Waals surface area contributed by atoms with E-state index in [2.05, 4.69) is 53.7 Å². The standard InChI is InChI=1S/C13H18N4/c1-10-5-4-6-12(7-10)9-17-11(2)13(8-14-3)15-16-17/h4-7,14H,8-9H2,1-3H3. The molecule has 0 atom stereocenters. The van der Waals surface area contributed by atoms with Gasteiger partial charge < -0.3 is 5.32 Å². The Morgan fingerprint density at radius 3 is 2.82 bits per heavy atom. The molecular formula is C13H18N4. The number of aromatic nitrogens is 3. The van der Waals surface area contributed by atoms with Crippen molar-refractivity contribution in [2.45, 2.75) is 26.9 Å². The summed E-state index contributed by atoms with van der Waals surface area (Å²) in [5, 5.41) is 11.5. The topological polar surface area (TPSA) is 42.7 Å². The van der Waals surface area contributed by atoms with Crippen LogP contribution in [0.4, 0.5) is 0 Å². The third-order valence-electron chi connectivity index (χ3n) is 2.84. The van der Waals surface area contributed by atoms with E-state index >= 15 is 0 Å². The number of benzene rings is 1. The summed E-state index contributed by atoms with van der Waals surface area (Å²) in [7, 11) is 1.92. The summed E-state index contributed by atoms with van der Waals surface area (Å²) < 4.78 is 1.95. The van der Waals surface area contributed by atoms with Gasteiger partial charge in [-0.05, 0) is 26.5 Å². The van der Waals surface area contributed by atoms with Gasteiger partial charge in [-0.15, -0.1) is 5.10 Å². The van der Waals surface area contributed by atoms with E-state index in [-0.39, 0.29) is 0 Å². The van der Waals surface area contributed by atoms with Gasteiger partial charge in [0.25, 0.3) is 0 Å². The lowest BCUT2D eigenvalue weighted by Crippen LogP contribution is -2.08. The van der Waals surface area contributed by atoms with Crippen molar-refractivity contribution in [3.8, 4) is 0 Å². The minimum absolute atomic E-state index is 0.764. The lowest BCUT2D eigenvalue weighted by atomic mass is 10.1. The van der Waals surface area contributed by atoms with Crippen molar-refractivity contribution in [3.05, 3.63) is 46.8 Å². The van der Waals surface area contributed by atoms with Gasteiger partial charge in [-0.2, -0.15) is 0 Å². The number of rotatable bonds is 4. The van der Waals surface area contributed by atoms with Gasteiger partial charge in [0.05, 0.1) is 17.9 Å². The second-order valence-electron chi connectivity index (χ2n) is 4.30. The zero-order chi connectivity index (χ0) is 12.3. The lowest BCUT2D eigenvalue weighted by Gasteiger charge is -2.05. The summed E-state index contributed by atoms with van der Waals surface area (Å²) in [4.78, 5) is 0. The molecule has 0 spiro atoms. The summed E-state index contributed by atoms with van der Waals surface area (Å²) in [6.45, 7) is 5.70. The predicted octanol–water partition coefficient (Wildman–Crippen LogP) is 1.66. The van der Waals surface area contributed by atoms with Crippen LogP contribution in [0.15, 0.2) is 24.3 Å². The third kappa shape index (κ3) is 2.71. The van der Waals surface area contributed by atoms with Gasteiger partial charge in [0.1, 0.15) is 0 Å². The van der Waals surface area contributed by atoms with Gasteiger partial charge in [-0.3, -0.25) is 0 Å². The summed E-state index contributed by atoms with van der Waals surface area (Å²) >= 11 is 0. The van der Waals surface area contributed by atoms with Crippen LogP contribution in [-0.4, -0.2) is 22.0 Å². The summed E-state index contributed by atoms with van der Waals surface area (Å²) in [5.74, 6) is 0. The highest BCUT2D eigenvalue weighted by molar-refractivity contribution is 5.23. The smallest absolute Gasteiger partial charge is 0.0993 e. The SMILES string of the molecule is CNCc1nnn(Cc2cccc(C)c2)c1C. The van der Waals surface area contributed by atoms with Crippen LogP contribution in [0.25, 0.3) is 0 Å². The minimum Gasteiger partial charge on any atom is -0.314 e. The van der Waals surface area contributed by atoms with Crippen molar-refractivity contribution in [1.29, 1.82) is 0 Å². The Labute approximate surface area is 102 Å². The Balaban J connectivity index is 2.19. The first kappa shape index (κ1) is 11.8. The fourth-order valence-corrected chi connectivity index (χ4v) is 1.86. The lowest BCUT2D eigenvalue weighted by molar-refractivity contribution is 0.633. The fourth-order valence-electron chi connectivity index (χ4n) is 1.86. The third-order valence-corrected chi connectivity index (χ3v) is 2.84. The average molecular weight is 230 g/mol. The molecule has 2 aromatic rings. The molecule has 2 rings (SSSR count). The van der Waals surface area contributed by atoms with Crippen molar-refractivity contribution < 1.29 is 0 Å². The maximum atomic E-state index is 4.19. The average Bonchev–Trinajstić information content (AvgIpc) is 2.62. The van der Waals surface area contributed by atoms with Crippen molar-refractivity contribution in [1.82, 2.24) is 20.3 Å². The Morgan fingerprint density at radius 2 is 2.12 bits per heavy atom. The Bertz CT molecular complexity index is 502. The molecule has 1 N–H and O–H groups in total. The normalized spacial score (nSPS) is 10.8. The van der Waals surface area contributed by atoms with E-state index in [1.165, 1.54) is 11.1 Å². The molecule has 0 radical (unpaired) electrons. The van der Waals surface area contributed by atoms with Crippen LogP contribution in [-0.2, 0) is 13.1 Å². The summed E-state index contributed by atoms with van der Waals surface area (Å²) in [6, 6.07) is 8.47. The summed E-state index contributed by atoms with van der Waals surface area (Å²) in [5.41, 5.74) is 4.67. The van der Waals surface area contributed by atoms with Crippen LogP contribution in [0.2, 0.25) is 0 Å². The molecule has 1 aromatic heterocycles. The quantitative estimate of drug-likeness (QED) is 0.868. The minimum atomic E-state index is 0.764. The van der Waals surface area contributed by atoms with Crippen molar-refractivity contribution in [3.63, 3.8) is 0 Å². The second-order valence-corrected chi connectivity index (χ2v) is 4.30. The second kappa shape index (κ2) is 5.10. The number of hydrogen-bond donors (Lipinski definition) is 1. The van der Waals surface area contributed by atoms with Gasteiger partial charge in [0.15, 0.2) is 0 Å². The largest absolute Gasteiger partial charge is 0.314 e. The van der Waals surface area contributed by atoms with E-state index in [0.717, 1.165) is 24.5 Å². The molecular weight excluding hydrogens is 212 g/mol. The van der Waals surface area contributed by atoms with Crippen molar-refractivity contribution in [2.24, 2.45) is 0 Å². The van der Waals surface area contributed by atoms with Gasteiger partial charge in [-0.25, -0.2) is 4.68 Å². The molecule has 17 heavy (non-hydrogen) atoms. The molecule has 0 saturated carbocycles. The number of nitrogens with one attached hydrogen (secondary N) is 1. The molecule has 0 amide bonds. The zero-order valence-corrected chi connectivity index (χ0v) is 10.6. The molecule has 0 aliphatic carbocycles. The van der Waals surface area contributed by atoms with Crippen molar-refractivity contribution >= 4 is 0 Å². The molecule has 0 aliphatic rings. The van der Waals surface area contributed by atoms with Gasteiger partial charge in [-0.1, -0.05) is 35.0 Å². The molecule has 0 unspecified atom stereocenters. The number of nitrogens with zero attached hydrogens (tertiary/aromatic N) is 3. The number of hydrogen-bond acceptors (Lipinski definition) is 3. The molecule has 0 fully saturated rings. The summed E-state index contributed by atoms with van der Waals surface area (Å²) in [6.07, 6.45) is 0. The zero-order valence-electron chi connectivity index (χ0n) is 10.6. The van der Waals surface area contributed by atoms with Crippen LogP contribution in [0.1, 0.15) is 22.5 Å². The van der Waals surface area contributed by atoms with Crippen LogP contribution >= 0.6 is 0 Å². The van der Waals surface area contributed by atoms with Crippen molar-refractivity contribution in [2.75, 3.05) is 7.05 Å². The molecule has 0 aliphatic heterocycles. The van der Waals surface area contributed by atoms with Crippen LogP contribution < -0.4 is 5.32 Å². The van der Waals surface area contributed by atoms with E-state index in [1.807, 2.05) is 11.7 Å². The van der Waals surface area contributed by atoms with Crippen LogP contribution in [0.3, 0.4) is 0 Å². The van der Waals surface area contributed by atoms with E-state index in [4.69, 9.17) is 0 Å². The van der Waals surface area contributed by atoms with E-state index in [0.29, 0.717) is 0 Å². The highest BCUT2D eigenvalue weighted by atomic mass is 15.4. The molecule has 90 valence electrons. The van der Waals surface area contributed by atoms with E-state index in [9.17, 15) is 0 Å². The molecule has 4 heteroatoms. The van der Waals surface area contributed by atoms with Gasteiger partial charge >= 0.3 is 0 Å². The maximum Gasteiger partial charge on any atom is 0.0993 e. The van der Waals surface area contributed by atoms with Gasteiger partial charge in [0.2, 0.25) is 0 Å². The van der Waals surface area contributed by atoms with Crippen LogP contribution in [0, 0.1) is 13.8 Å². The van der Waals surface area contributed by atoms with Crippen LogP contribution in [0.5, 0.6) is 0 Å². The first-order valence-corrected chi connectivity index (χ1v) is 5.80. The highest BCUT2D eigenvalue weighted by Gasteiger charge is 2.07. The Hall–Kier alpha value is -1.68. The first-order valence-electron chi connectivity index (χ1n) is 5.80. The first-order chi connectivity index (χ1) is 8.20.